The van der Waals surface area contributed by atoms with Gasteiger partial charge in [-0.15, -0.1) is 0 Å². The van der Waals surface area contributed by atoms with Crippen molar-refractivity contribution in [2.45, 2.75) is 39.5 Å². The number of carboxylic acids is 1. The monoisotopic (exact) mass is 628 g/mol. The number of carboxylic acid groups (broad SMARTS) is 1. The van der Waals surface area contributed by atoms with E-state index < -0.39 is 18.0 Å². The highest BCUT2D eigenvalue weighted by Gasteiger charge is 2.33. The molecule has 1 N–H and O–H groups in total. The van der Waals surface area contributed by atoms with Gasteiger partial charge in [0.25, 0.3) is 5.56 Å². The van der Waals surface area contributed by atoms with Gasteiger partial charge in [0, 0.05) is 0 Å². The minimum atomic E-state index is -1.01. The number of esters is 1. The fourth-order valence-electron chi connectivity index (χ4n) is 4.96. The first kappa shape index (κ1) is 31.3. The first-order chi connectivity index (χ1) is 21.6. The maximum absolute atomic E-state index is 14.0. The normalized spacial score (nSPS) is 14.5. The summed E-state index contributed by atoms with van der Waals surface area (Å²) in [7, 11) is 3.08. The molecule has 0 aliphatic carbocycles. The Morgan fingerprint density at radius 3 is 2.44 bits per heavy atom. The lowest BCUT2D eigenvalue weighted by molar-refractivity contribution is -0.143. The number of benzene rings is 3. The molecule has 1 atom stereocenters. The van der Waals surface area contributed by atoms with E-state index in [-0.39, 0.29) is 23.8 Å². The maximum Gasteiger partial charge on any atom is 0.338 e. The van der Waals surface area contributed by atoms with Crippen LogP contribution in [0.25, 0.3) is 6.08 Å². The molecule has 0 unspecified atom stereocenters. The summed E-state index contributed by atoms with van der Waals surface area (Å²) < 4.78 is 24.3. The molecule has 0 amide bonds. The Hall–Kier alpha value is -5.16. The molecule has 11 heteroatoms. The quantitative estimate of drug-likeness (QED) is 0.255. The van der Waals surface area contributed by atoms with E-state index >= 15 is 0 Å². The average Bonchev–Trinajstić information content (AvgIpc) is 3.32. The van der Waals surface area contributed by atoms with Crippen molar-refractivity contribution >= 4 is 29.4 Å². The molecule has 0 saturated heterocycles. The number of aromatic nitrogens is 1. The Labute approximate surface area is 263 Å². The van der Waals surface area contributed by atoms with Gasteiger partial charge in [-0.2, -0.15) is 0 Å². The van der Waals surface area contributed by atoms with Crippen molar-refractivity contribution < 1.29 is 33.6 Å². The molecular formula is C34H32N2O8S. The summed E-state index contributed by atoms with van der Waals surface area (Å²) in [5.41, 5.74) is 2.74. The lowest BCUT2D eigenvalue weighted by Gasteiger charge is -2.25. The second kappa shape index (κ2) is 13.2. The molecule has 45 heavy (non-hydrogen) atoms. The summed E-state index contributed by atoms with van der Waals surface area (Å²) in [6.07, 6.45) is 1.39. The van der Waals surface area contributed by atoms with Gasteiger partial charge in [0.1, 0.15) is 12.4 Å². The first-order valence-electron chi connectivity index (χ1n) is 14.1. The van der Waals surface area contributed by atoms with Gasteiger partial charge >= 0.3 is 11.9 Å². The van der Waals surface area contributed by atoms with Gasteiger partial charge in [-0.05, 0) is 79.9 Å². The number of allylic oxidation sites excluding steroid dienone is 1. The van der Waals surface area contributed by atoms with Crippen LogP contribution in [0, 0.1) is 0 Å². The zero-order chi connectivity index (χ0) is 32.2. The fourth-order valence-corrected chi connectivity index (χ4v) is 6.01. The molecule has 0 radical (unpaired) electrons. The van der Waals surface area contributed by atoms with Crippen LogP contribution in [0.1, 0.15) is 53.9 Å². The Balaban J connectivity index is 1.52. The second-order valence-electron chi connectivity index (χ2n) is 10.5. The number of hydrogen-bond donors (Lipinski definition) is 1. The number of carbonyl (C=O) groups is 2. The lowest BCUT2D eigenvalue weighted by Crippen LogP contribution is -2.40. The van der Waals surface area contributed by atoms with Gasteiger partial charge in [0.05, 0.1) is 47.7 Å². The van der Waals surface area contributed by atoms with Crippen LogP contribution in [0.3, 0.4) is 0 Å². The highest BCUT2D eigenvalue weighted by molar-refractivity contribution is 7.07. The number of methoxy groups -OCH3 is 2. The van der Waals surface area contributed by atoms with Crippen molar-refractivity contribution in [3.63, 3.8) is 0 Å². The molecule has 1 aliphatic rings. The highest BCUT2D eigenvalue weighted by atomic mass is 32.1. The van der Waals surface area contributed by atoms with Crippen molar-refractivity contribution in [1.82, 2.24) is 4.57 Å². The minimum Gasteiger partial charge on any atom is -0.497 e. The number of nitrogens with zero attached hydrogens (tertiary/aromatic N) is 2. The van der Waals surface area contributed by atoms with Gasteiger partial charge in [0.2, 0.25) is 0 Å². The molecule has 232 valence electrons. The van der Waals surface area contributed by atoms with Crippen LogP contribution < -0.4 is 29.1 Å². The molecular weight excluding hydrogens is 596 g/mol. The third kappa shape index (κ3) is 6.68. The van der Waals surface area contributed by atoms with Gasteiger partial charge in [0.15, 0.2) is 16.3 Å². The van der Waals surface area contributed by atoms with E-state index in [4.69, 9.17) is 18.9 Å². The Bertz CT molecular complexity index is 1970. The number of ether oxygens (including phenoxy) is 4. The van der Waals surface area contributed by atoms with Crippen LogP contribution in [0.5, 0.6) is 17.2 Å². The van der Waals surface area contributed by atoms with E-state index in [9.17, 15) is 19.5 Å². The molecule has 3 aromatic carbocycles. The number of thiazole rings is 1. The van der Waals surface area contributed by atoms with E-state index in [1.165, 1.54) is 29.1 Å². The maximum atomic E-state index is 14.0. The third-order valence-electron chi connectivity index (χ3n) is 7.07. The molecule has 1 aromatic heterocycles. The minimum absolute atomic E-state index is 0.141. The molecule has 5 rings (SSSR count). The van der Waals surface area contributed by atoms with E-state index in [0.717, 1.165) is 0 Å². The van der Waals surface area contributed by atoms with Crippen molar-refractivity contribution in [3.05, 3.63) is 120 Å². The predicted octanol–water partition coefficient (Wildman–Crippen LogP) is 4.48. The van der Waals surface area contributed by atoms with Gasteiger partial charge in [-0.1, -0.05) is 41.7 Å². The summed E-state index contributed by atoms with van der Waals surface area (Å²) in [4.78, 5) is 43.7. The lowest BCUT2D eigenvalue weighted by atomic mass is 9.96. The van der Waals surface area contributed by atoms with Gasteiger partial charge < -0.3 is 24.1 Å². The summed E-state index contributed by atoms with van der Waals surface area (Å²) >= 11 is 1.22. The molecule has 0 spiro atoms. The van der Waals surface area contributed by atoms with Crippen LogP contribution >= 0.6 is 11.3 Å². The number of rotatable bonds is 10. The van der Waals surface area contributed by atoms with Crippen molar-refractivity contribution in [1.29, 1.82) is 0 Å². The Kier molecular flexibility index (Phi) is 9.19. The van der Waals surface area contributed by atoms with Crippen LogP contribution in [-0.4, -0.2) is 41.9 Å². The topological polar surface area (TPSA) is 126 Å². The predicted molar refractivity (Wildman–Crippen MR) is 169 cm³/mol. The number of carbonyl (C=O) groups excluding carboxylic acids is 1. The molecule has 1 aliphatic heterocycles. The average molecular weight is 629 g/mol. The zero-order valence-electron chi connectivity index (χ0n) is 25.4. The van der Waals surface area contributed by atoms with Crippen LogP contribution in [0.15, 0.2) is 87.8 Å². The van der Waals surface area contributed by atoms with Crippen molar-refractivity contribution in [2.24, 2.45) is 4.99 Å². The summed E-state index contributed by atoms with van der Waals surface area (Å²) in [6, 6.07) is 18.2. The van der Waals surface area contributed by atoms with Crippen molar-refractivity contribution in [3.8, 4) is 17.2 Å². The molecule has 10 nitrogen and oxygen atoms in total. The summed E-state index contributed by atoms with van der Waals surface area (Å²) in [5, 5.41) is 9.25. The van der Waals surface area contributed by atoms with E-state index in [1.54, 1.807) is 82.5 Å². The third-order valence-corrected chi connectivity index (χ3v) is 8.05. The molecule has 4 aromatic rings. The molecule has 0 bridgehead atoms. The van der Waals surface area contributed by atoms with E-state index in [2.05, 4.69) is 4.99 Å². The van der Waals surface area contributed by atoms with Gasteiger partial charge in [-0.3, -0.25) is 9.36 Å². The second-order valence-corrected chi connectivity index (χ2v) is 11.5. The SMILES string of the molecule is COc1ccc([C@@H]2C(C(=O)OC(C)C)=C(C)N=c3s/c(=C\c4ccc(OCc5cccc(C(=O)O)c5)c(OC)c4)c(=O)n32)cc1. The largest absolute Gasteiger partial charge is 0.497 e. The summed E-state index contributed by atoms with van der Waals surface area (Å²) in [5.74, 6) is 0.00259. The fraction of sp³-hybridized carbons (Fsp3) is 0.235. The van der Waals surface area contributed by atoms with Crippen molar-refractivity contribution in [2.75, 3.05) is 14.2 Å². The van der Waals surface area contributed by atoms with Crippen LogP contribution in [0.2, 0.25) is 0 Å². The summed E-state index contributed by atoms with van der Waals surface area (Å²) in [6.45, 7) is 5.42. The zero-order valence-corrected chi connectivity index (χ0v) is 26.2. The number of fused-ring (bicyclic) bond motifs is 1. The smallest absolute Gasteiger partial charge is 0.338 e. The standard InChI is InChI=1S/C34H32N2O8S/c1-19(2)44-33(40)29-20(3)35-34-36(30(29)23-10-12-25(41-4)13-11-23)31(37)28(45-34)17-21-9-14-26(27(16-21)42-5)43-18-22-7-6-8-24(15-22)32(38)39/h6-17,19,30H,18H2,1-5H3,(H,38,39)/b28-17-/t30-/m1/s1. The van der Waals surface area contributed by atoms with Crippen LogP contribution in [0.4, 0.5) is 0 Å². The Morgan fingerprint density at radius 1 is 1.02 bits per heavy atom. The van der Waals surface area contributed by atoms with Crippen LogP contribution in [-0.2, 0) is 16.1 Å². The molecule has 0 fully saturated rings. The molecule has 2 heterocycles. The Morgan fingerprint density at radius 2 is 1.78 bits per heavy atom. The first-order valence-corrected chi connectivity index (χ1v) is 14.9. The van der Waals surface area contributed by atoms with Gasteiger partial charge in [-0.25, -0.2) is 14.6 Å². The van der Waals surface area contributed by atoms with E-state index in [1.807, 2.05) is 12.1 Å². The number of hydrogen-bond acceptors (Lipinski definition) is 9. The highest BCUT2D eigenvalue weighted by Crippen LogP contribution is 2.32. The number of aromatic carboxylic acids is 1. The van der Waals surface area contributed by atoms with E-state index in [0.29, 0.717) is 54.5 Å². The molecule has 0 saturated carbocycles.